The minimum atomic E-state index is -3.87. The van der Waals surface area contributed by atoms with Crippen LogP contribution in [0.4, 0.5) is 5.69 Å². The first-order valence-corrected chi connectivity index (χ1v) is 10.9. The Hall–Kier alpha value is -2.09. The summed E-state index contributed by atoms with van der Waals surface area (Å²) in [7, 11) is -2.47. The number of hydrogen-bond acceptors (Lipinski definition) is 4. The van der Waals surface area contributed by atoms with Gasteiger partial charge < -0.3 is 9.64 Å². The summed E-state index contributed by atoms with van der Waals surface area (Å²) in [5.74, 6) is 0.157. The number of amides is 1. The molecule has 2 aromatic carbocycles. The number of carbonyl (C=O) groups is 1. The fraction of sp³-hybridized carbons (Fsp3) is 0.350. The Labute approximate surface area is 170 Å². The molecule has 6 nitrogen and oxygen atoms in total. The number of anilines is 1. The molecule has 28 heavy (non-hydrogen) atoms. The molecule has 0 radical (unpaired) electrons. The summed E-state index contributed by atoms with van der Waals surface area (Å²) in [5, 5.41) is 0.213. The molecule has 8 heteroatoms. The second kappa shape index (κ2) is 8.11. The van der Waals surface area contributed by atoms with Crippen LogP contribution < -0.4 is 9.64 Å². The maximum atomic E-state index is 12.9. The fourth-order valence-corrected chi connectivity index (χ4v) is 4.84. The molecule has 0 aromatic heterocycles. The standard InChI is InChI=1S/C20H23ClN2O4S/c1-4-27-19-10-9-16(12-17(19)21)28(25,26)22(3)13-20(24)23-14(2)11-15-7-5-6-8-18(15)23/h5-10,12,14H,4,11,13H2,1-3H3. The van der Waals surface area contributed by atoms with Gasteiger partial charge in [0.25, 0.3) is 0 Å². The predicted octanol–water partition coefficient (Wildman–Crippen LogP) is 3.34. The number of hydrogen-bond donors (Lipinski definition) is 0. The summed E-state index contributed by atoms with van der Waals surface area (Å²) < 4.78 is 32.2. The van der Waals surface area contributed by atoms with E-state index in [1.807, 2.05) is 38.1 Å². The minimum absolute atomic E-state index is 0.0130. The maximum Gasteiger partial charge on any atom is 0.243 e. The zero-order chi connectivity index (χ0) is 20.5. The van der Waals surface area contributed by atoms with Crippen molar-refractivity contribution in [3.63, 3.8) is 0 Å². The van der Waals surface area contributed by atoms with Crippen molar-refractivity contribution in [1.29, 1.82) is 0 Å². The van der Waals surface area contributed by atoms with Crippen molar-refractivity contribution in [1.82, 2.24) is 4.31 Å². The zero-order valence-corrected chi connectivity index (χ0v) is 17.6. The SMILES string of the molecule is CCOc1ccc(S(=O)(=O)N(C)CC(=O)N2c3ccccc3CC2C)cc1Cl. The van der Waals surface area contributed by atoms with E-state index in [-0.39, 0.29) is 28.4 Å². The average Bonchev–Trinajstić information content (AvgIpc) is 2.99. The van der Waals surface area contributed by atoms with Crippen LogP contribution >= 0.6 is 11.6 Å². The highest BCUT2D eigenvalue weighted by atomic mass is 35.5. The summed E-state index contributed by atoms with van der Waals surface area (Å²) in [5.41, 5.74) is 1.93. The number of carbonyl (C=O) groups excluding carboxylic acids is 1. The molecular formula is C20H23ClN2O4S. The summed E-state index contributed by atoms with van der Waals surface area (Å²) in [6.07, 6.45) is 0.757. The predicted molar refractivity (Wildman–Crippen MR) is 110 cm³/mol. The topological polar surface area (TPSA) is 66.9 Å². The summed E-state index contributed by atoms with van der Waals surface area (Å²) in [6, 6.07) is 12.0. The first-order chi connectivity index (χ1) is 13.3. The Morgan fingerprint density at radius 2 is 2.00 bits per heavy atom. The first-order valence-electron chi connectivity index (χ1n) is 9.04. The van der Waals surface area contributed by atoms with Gasteiger partial charge in [0, 0.05) is 18.8 Å². The number of likely N-dealkylation sites (N-methyl/N-ethyl adjacent to an activating group) is 1. The van der Waals surface area contributed by atoms with Gasteiger partial charge in [-0.1, -0.05) is 29.8 Å². The molecule has 3 rings (SSSR count). The molecule has 150 valence electrons. The molecule has 1 heterocycles. The normalized spacial score (nSPS) is 16.3. The van der Waals surface area contributed by atoms with Crippen molar-refractivity contribution in [2.45, 2.75) is 31.2 Å². The molecule has 0 saturated carbocycles. The van der Waals surface area contributed by atoms with E-state index in [0.29, 0.717) is 12.4 Å². The quantitative estimate of drug-likeness (QED) is 0.716. The number of sulfonamides is 1. The van der Waals surface area contributed by atoms with Gasteiger partial charge in [0.05, 0.1) is 23.1 Å². The summed E-state index contributed by atoms with van der Waals surface area (Å²) in [6.45, 7) is 3.94. The van der Waals surface area contributed by atoms with Crippen LogP contribution in [0.15, 0.2) is 47.4 Å². The van der Waals surface area contributed by atoms with Gasteiger partial charge in [-0.25, -0.2) is 8.42 Å². The van der Waals surface area contributed by atoms with Crippen LogP contribution in [0.5, 0.6) is 5.75 Å². The van der Waals surface area contributed by atoms with Crippen LogP contribution in [0.25, 0.3) is 0 Å². The third kappa shape index (κ3) is 3.87. The molecule has 2 aromatic rings. The number of fused-ring (bicyclic) bond motifs is 1. The first kappa shape index (κ1) is 20.6. The monoisotopic (exact) mass is 422 g/mol. The van der Waals surface area contributed by atoms with Gasteiger partial charge in [0.15, 0.2) is 0 Å². The second-order valence-electron chi connectivity index (χ2n) is 6.73. The molecule has 0 fully saturated rings. The van der Waals surface area contributed by atoms with Crippen molar-refractivity contribution in [3.05, 3.63) is 53.1 Å². The van der Waals surface area contributed by atoms with E-state index in [1.54, 1.807) is 4.90 Å². The van der Waals surface area contributed by atoms with Gasteiger partial charge in [0.1, 0.15) is 5.75 Å². The molecule has 1 aliphatic heterocycles. The number of halogens is 1. The maximum absolute atomic E-state index is 12.9. The average molecular weight is 423 g/mol. The smallest absolute Gasteiger partial charge is 0.243 e. The molecular weight excluding hydrogens is 400 g/mol. The van der Waals surface area contributed by atoms with Crippen LogP contribution in [0, 0.1) is 0 Å². The van der Waals surface area contributed by atoms with E-state index in [4.69, 9.17) is 16.3 Å². The van der Waals surface area contributed by atoms with Crippen molar-refractivity contribution >= 4 is 33.2 Å². The largest absolute Gasteiger partial charge is 0.492 e. The molecule has 1 atom stereocenters. The molecule has 1 amide bonds. The van der Waals surface area contributed by atoms with Crippen LogP contribution in [-0.2, 0) is 21.2 Å². The highest BCUT2D eigenvalue weighted by molar-refractivity contribution is 7.89. The lowest BCUT2D eigenvalue weighted by molar-refractivity contribution is -0.118. The Bertz CT molecular complexity index is 993. The lowest BCUT2D eigenvalue weighted by atomic mass is 10.1. The van der Waals surface area contributed by atoms with E-state index in [2.05, 4.69) is 0 Å². The Morgan fingerprint density at radius 1 is 1.29 bits per heavy atom. The number of nitrogens with zero attached hydrogens (tertiary/aromatic N) is 2. The minimum Gasteiger partial charge on any atom is -0.492 e. The van der Waals surface area contributed by atoms with Crippen LogP contribution in [0.1, 0.15) is 19.4 Å². The Kier molecular flexibility index (Phi) is 5.98. The highest BCUT2D eigenvalue weighted by Gasteiger charge is 2.33. The van der Waals surface area contributed by atoms with Gasteiger partial charge in [0.2, 0.25) is 15.9 Å². The third-order valence-electron chi connectivity index (χ3n) is 4.75. The van der Waals surface area contributed by atoms with Gasteiger partial charge in [-0.3, -0.25) is 4.79 Å². The number of para-hydroxylation sites is 1. The van der Waals surface area contributed by atoms with Gasteiger partial charge in [-0.05, 0) is 50.1 Å². The van der Waals surface area contributed by atoms with E-state index in [0.717, 1.165) is 22.0 Å². The molecule has 0 N–H and O–H groups in total. The van der Waals surface area contributed by atoms with Crippen LogP contribution in [-0.4, -0.2) is 44.9 Å². The number of ether oxygens (including phenoxy) is 1. The molecule has 1 unspecified atom stereocenters. The van der Waals surface area contributed by atoms with Crippen molar-refractivity contribution in [3.8, 4) is 5.75 Å². The Morgan fingerprint density at radius 3 is 2.68 bits per heavy atom. The van der Waals surface area contributed by atoms with E-state index >= 15 is 0 Å². The summed E-state index contributed by atoms with van der Waals surface area (Å²) in [4.78, 5) is 14.6. The molecule has 0 saturated heterocycles. The fourth-order valence-electron chi connectivity index (χ4n) is 3.39. The molecule has 0 bridgehead atoms. The van der Waals surface area contributed by atoms with Gasteiger partial charge in [-0.2, -0.15) is 4.31 Å². The van der Waals surface area contributed by atoms with Gasteiger partial charge in [-0.15, -0.1) is 0 Å². The molecule has 0 aliphatic carbocycles. The second-order valence-corrected chi connectivity index (χ2v) is 9.18. The van der Waals surface area contributed by atoms with E-state index in [9.17, 15) is 13.2 Å². The van der Waals surface area contributed by atoms with Crippen molar-refractivity contribution < 1.29 is 17.9 Å². The van der Waals surface area contributed by atoms with Crippen molar-refractivity contribution in [2.75, 3.05) is 25.1 Å². The van der Waals surface area contributed by atoms with E-state index < -0.39 is 10.0 Å². The van der Waals surface area contributed by atoms with E-state index in [1.165, 1.54) is 25.2 Å². The Balaban J connectivity index is 1.79. The van der Waals surface area contributed by atoms with Crippen LogP contribution in [0.3, 0.4) is 0 Å². The summed E-state index contributed by atoms with van der Waals surface area (Å²) >= 11 is 6.12. The zero-order valence-electron chi connectivity index (χ0n) is 16.1. The lowest BCUT2D eigenvalue weighted by Crippen LogP contribution is -2.43. The highest BCUT2D eigenvalue weighted by Crippen LogP contribution is 2.32. The number of rotatable bonds is 6. The molecule has 1 aliphatic rings. The van der Waals surface area contributed by atoms with Gasteiger partial charge >= 0.3 is 0 Å². The third-order valence-corrected chi connectivity index (χ3v) is 6.84. The van der Waals surface area contributed by atoms with Crippen LogP contribution in [0.2, 0.25) is 5.02 Å². The van der Waals surface area contributed by atoms with Crippen molar-refractivity contribution in [2.24, 2.45) is 0 Å². The molecule has 0 spiro atoms. The lowest BCUT2D eigenvalue weighted by Gasteiger charge is -2.25. The number of benzene rings is 2.